The molecule has 0 spiro atoms. The summed E-state index contributed by atoms with van der Waals surface area (Å²) in [5, 5.41) is 0. The van der Waals surface area contributed by atoms with Gasteiger partial charge in [-0.2, -0.15) is 0 Å². The maximum absolute atomic E-state index is 12.8. The number of para-hydroxylation sites is 2. The molecule has 0 radical (unpaired) electrons. The fourth-order valence-electron chi connectivity index (χ4n) is 3.19. The molecule has 1 heterocycles. The van der Waals surface area contributed by atoms with E-state index in [1.54, 1.807) is 31.2 Å². The molecular weight excluding hydrogens is 360 g/mol. The Balaban J connectivity index is 1.64. The smallest absolute Gasteiger partial charge is 0.325 e. The molecule has 0 aromatic heterocycles. The second kappa shape index (κ2) is 8.25. The highest BCUT2D eigenvalue weighted by Crippen LogP contribution is 2.33. The molecule has 0 saturated carbocycles. The average molecular weight is 382 g/mol. The molecule has 1 aliphatic rings. The SMILES string of the molecule is COc1ccccc1OCC(=O)C1C(=O)OC(C)(CCc2ccccc2)C1=O. The molecule has 2 aromatic rings. The summed E-state index contributed by atoms with van der Waals surface area (Å²) >= 11 is 0. The van der Waals surface area contributed by atoms with Gasteiger partial charge in [0.1, 0.15) is 6.61 Å². The molecule has 1 aliphatic heterocycles. The van der Waals surface area contributed by atoms with Crippen molar-refractivity contribution in [3.8, 4) is 11.5 Å². The number of methoxy groups -OCH3 is 1. The van der Waals surface area contributed by atoms with Crippen molar-refractivity contribution in [2.24, 2.45) is 5.92 Å². The normalized spacial score (nSPS) is 21.3. The van der Waals surface area contributed by atoms with Crippen molar-refractivity contribution in [3.63, 3.8) is 0 Å². The number of ether oxygens (including phenoxy) is 3. The Bertz CT molecular complexity index is 876. The van der Waals surface area contributed by atoms with Gasteiger partial charge in [-0.25, -0.2) is 0 Å². The zero-order valence-corrected chi connectivity index (χ0v) is 15.8. The Labute approximate surface area is 163 Å². The Morgan fingerprint density at radius 3 is 2.36 bits per heavy atom. The predicted octanol–water partition coefficient (Wildman–Crippen LogP) is 2.78. The summed E-state index contributed by atoms with van der Waals surface area (Å²) in [5.41, 5.74) is -0.278. The summed E-state index contributed by atoms with van der Waals surface area (Å²) < 4.78 is 15.9. The number of carbonyl (C=O) groups is 3. The van der Waals surface area contributed by atoms with Crippen LogP contribution < -0.4 is 9.47 Å². The van der Waals surface area contributed by atoms with Gasteiger partial charge in [-0.15, -0.1) is 0 Å². The van der Waals surface area contributed by atoms with Gasteiger partial charge in [-0.3, -0.25) is 14.4 Å². The lowest BCUT2D eigenvalue weighted by Gasteiger charge is -2.20. The van der Waals surface area contributed by atoms with Crippen molar-refractivity contribution >= 4 is 17.5 Å². The molecule has 6 nitrogen and oxygen atoms in total. The van der Waals surface area contributed by atoms with E-state index >= 15 is 0 Å². The summed E-state index contributed by atoms with van der Waals surface area (Å²) in [5.74, 6) is -2.57. The van der Waals surface area contributed by atoms with E-state index in [1.165, 1.54) is 7.11 Å². The van der Waals surface area contributed by atoms with E-state index in [4.69, 9.17) is 14.2 Å². The summed E-state index contributed by atoms with van der Waals surface area (Å²) in [7, 11) is 1.49. The van der Waals surface area contributed by atoms with Crippen LogP contribution in [0.4, 0.5) is 0 Å². The van der Waals surface area contributed by atoms with Gasteiger partial charge in [-0.1, -0.05) is 42.5 Å². The minimum absolute atomic E-state index is 0.318. The van der Waals surface area contributed by atoms with Gasteiger partial charge in [-0.05, 0) is 37.5 Å². The molecular formula is C22H22O6. The van der Waals surface area contributed by atoms with Gasteiger partial charge in [0.15, 0.2) is 34.6 Å². The number of hydrogen-bond donors (Lipinski definition) is 0. The quantitative estimate of drug-likeness (QED) is 0.516. The van der Waals surface area contributed by atoms with E-state index in [0.29, 0.717) is 24.3 Å². The van der Waals surface area contributed by atoms with Crippen LogP contribution in [0.15, 0.2) is 54.6 Å². The van der Waals surface area contributed by atoms with Gasteiger partial charge in [0.25, 0.3) is 0 Å². The Morgan fingerprint density at radius 2 is 1.68 bits per heavy atom. The molecule has 1 saturated heterocycles. The summed E-state index contributed by atoms with van der Waals surface area (Å²) in [6, 6.07) is 16.4. The predicted molar refractivity (Wildman–Crippen MR) is 101 cm³/mol. The van der Waals surface area contributed by atoms with E-state index in [0.717, 1.165) is 5.56 Å². The Kier molecular flexibility index (Phi) is 5.78. The highest BCUT2D eigenvalue weighted by atomic mass is 16.6. The number of aryl methyl sites for hydroxylation is 1. The largest absolute Gasteiger partial charge is 0.493 e. The fraction of sp³-hybridized carbons (Fsp3) is 0.318. The van der Waals surface area contributed by atoms with Crippen LogP contribution in [-0.2, 0) is 25.5 Å². The van der Waals surface area contributed by atoms with Crippen LogP contribution >= 0.6 is 0 Å². The third-order valence-electron chi connectivity index (χ3n) is 4.84. The molecule has 2 unspecified atom stereocenters. The third kappa shape index (κ3) is 4.06. The van der Waals surface area contributed by atoms with E-state index < -0.39 is 35.7 Å². The van der Waals surface area contributed by atoms with Crippen LogP contribution in [0.5, 0.6) is 11.5 Å². The van der Waals surface area contributed by atoms with Gasteiger partial charge in [0.2, 0.25) is 0 Å². The lowest BCUT2D eigenvalue weighted by Crippen LogP contribution is -2.37. The molecule has 146 valence electrons. The second-order valence-electron chi connectivity index (χ2n) is 6.84. The number of ketones is 2. The molecule has 2 atom stereocenters. The summed E-state index contributed by atoms with van der Waals surface area (Å²) in [4.78, 5) is 37.5. The second-order valence-corrected chi connectivity index (χ2v) is 6.84. The van der Waals surface area contributed by atoms with E-state index in [-0.39, 0.29) is 0 Å². The van der Waals surface area contributed by atoms with Crippen LogP contribution in [-0.4, -0.2) is 36.9 Å². The first-order valence-electron chi connectivity index (χ1n) is 9.04. The average Bonchev–Trinajstić information content (AvgIpc) is 2.94. The number of carbonyl (C=O) groups excluding carboxylic acids is 3. The monoisotopic (exact) mass is 382 g/mol. The lowest BCUT2D eigenvalue weighted by molar-refractivity contribution is -0.152. The first kappa shape index (κ1) is 19.6. The molecule has 2 aromatic carbocycles. The number of hydrogen-bond acceptors (Lipinski definition) is 6. The van der Waals surface area contributed by atoms with Crippen molar-refractivity contribution in [1.82, 2.24) is 0 Å². The first-order chi connectivity index (χ1) is 13.4. The Hall–Kier alpha value is -3.15. The van der Waals surface area contributed by atoms with Gasteiger partial charge >= 0.3 is 5.97 Å². The van der Waals surface area contributed by atoms with Crippen LogP contribution in [0.25, 0.3) is 0 Å². The van der Waals surface area contributed by atoms with Crippen LogP contribution in [0.1, 0.15) is 18.9 Å². The van der Waals surface area contributed by atoms with Crippen molar-refractivity contribution in [2.75, 3.05) is 13.7 Å². The van der Waals surface area contributed by atoms with E-state index in [9.17, 15) is 14.4 Å². The van der Waals surface area contributed by atoms with Gasteiger partial charge in [0.05, 0.1) is 7.11 Å². The maximum Gasteiger partial charge on any atom is 0.325 e. The molecule has 3 rings (SSSR count). The van der Waals surface area contributed by atoms with Gasteiger partial charge < -0.3 is 14.2 Å². The molecule has 0 amide bonds. The van der Waals surface area contributed by atoms with Crippen molar-refractivity contribution < 1.29 is 28.6 Å². The highest BCUT2D eigenvalue weighted by molar-refractivity contribution is 6.23. The zero-order chi connectivity index (χ0) is 20.1. The molecule has 1 fully saturated rings. The molecule has 0 N–H and O–H groups in total. The van der Waals surface area contributed by atoms with E-state index in [1.807, 2.05) is 30.3 Å². The third-order valence-corrected chi connectivity index (χ3v) is 4.84. The topological polar surface area (TPSA) is 78.9 Å². The first-order valence-corrected chi connectivity index (χ1v) is 9.04. The summed E-state index contributed by atoms with van der Waals surface area (Å²) in [6.07, 6.45) is 0.883. The lowest BCUT2D eigenvalue weighted by atomic mass is 9.87. The van der Waals surface area contributed by atoms with Crippen LogP contribution in [0, 0.1) is 5.92 Å². The minimum Gasteiger partial charge on any atom is -0.493 e. The van der Waals surface area contributed by atoms with Crippen LogP contribution in [0.3, 0.4) is 0 Å². The zero-order valence-electron chi connectivity index (χ0n) is 15.8. The number of benzene rings is 2. The van der Waals surface area contributed by atoms with Crippen molar-refractivity contribution in [1.29, 1.82) is 0 Å². The Morgan fingerprint density at radius 1 is 1.04 bits per heavy atom. The van der Waals surface area contributed by atoms with Gasteiger partial charge in [0, 0.05) is 0 Å². The number of rotatable bonds is 8. The molecule has 6 heteroatoms. The standard InChI is InChI=1S/C22H22O6/c1-22(13-12-15-8-4-3-5-9-15)20(24)19(21(25)28-22)16(23)14-27-18-11-7-6-10-17(18)26-2/h3-11,19H,12-14H2,1-2H3. The summed E-state index contributed by atoms with van der Waals surface area (Å²) in [6.45, 7) is 1.14. The maximum atomic E-state index is 12.8. The van der Waals surface area contributed by atoms with Crippen molar-refractivity contribution in [2.45, 2.75) is 25.4 Å². The minimum atomic E-state index is -1.45. The molecule has 28 heavy (non-hydrogen) atoms. The highest BCUT2D eigenvalue weighted by Gasteiger charge is 2.54. The molecule has 0 aliphatic carbocycles. The fourth-order valence-corrected chi connectivity index (χ4v) is 3.19. The number of Topliss-reactive ketones (excluding diaryl/α,β-unsaturated/α-hetero) is 2. The van der Waals surface area contributed by atoms with Crippen molar-refractivity contribution in [3.05, 3.63) is 60.2 Å². The van der Waals surface area contributed by atoms with E-state index in [2.05, 4.69) is 0 Å². The molecule has 0 bridgehead atoms. The van der Waals surface area contributed by atoms with Crippen LogP contribution in [0.2, 0.25) is 0 Å². The number of cyclic esters (lactones) is 1. The number of esters is 1.